The number of aromatic nitrogens is 2. The fourth-order valence-corrected chi connectivity index (χ4v) is 6.08. The van der Waals surface area contributed by atoms with Crippen LogP contribution >= 0.6 is 45.7 Å². The van der Waals surface area contributed by atoms with E-state index in [0.29, 0.717) is 5.25 Å². The summed E-state index contributed by atoms with van der Waals surface area (Å²) in [5.41, 5.74) is 1.52. The van der Waals surface area contributed by atoms with Gasteiger partial charge in [-0.2, -0.15) is 0 Å². The van der Waals surface area contributed by atoms with Gasteiger partial charge in [0.25, 0.3) is 5.56 Å². The number of thioether (sulfide) groups is 1. The van der Waals surface area contributed by atoms with Crippen LogP contribution in [-0.4, -0.2) is 19.2 Å². The van der Waals surface area contributed by atoms with Crippen LogP contribution in [0, 0.1) is 0 Å². The van der Waals surface area contributed by atoms with Crippen molar-refractivity contribution < 1.29 is 0 Å². The lowest BCUT2D eigenvalue weighted by Crippen LogP contribution is -2.22. The van der Waals surface area contributed by atoms with Crippen molar-refractivity contribution >= 4 is 55.9 Å². The molecule has 0 N–H and O–H groups in total. The Morgan fingerprint density at radius 2 is 2.21 bits per heavy atom. The van der Waals surface area contributed by atoms with Crippen molar-refractivity contribution in [2.24, 2.45) is 0 Å². The normalized spacial score (nSPS) is 21.6. The molecule has 0 saturated heterocycles. The molecule has 1 atom stereocenters. The van der Waals surface area contributed by atoms with Crippen molar-refractivity contribution in [2.75, 3.05) is 4.43 Å². The quantitative estimate of drug-likeness (QED) is 0.416. The molecule has 0 spiro atoms. The predicted octanol–water partition coefficient (Wildman–Crippen LogP) is 3.25. The lowest BCUT2D eigenvalue weighted by Gasteiger charge is -2.10. The van der Waals surface area contributed by atoms with E-state index in [2.05, 4.69) is 22.6 Å². The van der Waals surface area contributed by atoms with Crippen LogP contribution in [-0.2, 0) is 19.4 Å². The lowest BCUT2D eigenvalue weighted by atomic mass is 9.97. The van der Waals surface area contributed by atoms with Crippen LogP contribution in [0.25, 0.3) is 10.2 Å². The fraction of sp³-hybridized carbons (Fsp3) is 0.538. The Kier molecular flexibility index (Phi) is 3.15. The van der Waals surface area contributed by atoms with E-state index in [1.54, 1.807) is 23.1 Å². The number of aryl methyl sites for hydroxylation is 2. The van der Waals surface area contributed by atoms with Crippen molar-refractivity contribution in [3.8, 4) is 0 Å². The summed E-state index contributed by atoms with van der Waals surface area (Å²) in [6, 6.07) is 0. The van der Waals surface area contributed by atoms with Gasteiger partial charge in [-0.15, -0.1) is 11.3 Å². The number of thiophene rings is 1. The number of alkyl halides is 1. The molecule has 4 rings (SSSR count). The Labute approximate surface area is 132 Å². The number of fused-ring (bicyclic) bond motifs is 4. The molecule has 2 aromatic heterocycles. The highest BCUT2D eigenvalue weighted by Gasteiger charge is 2.28. The van der Waals surface area contributed by atoms with Crippen molar-refractivity contribution in [1.29, 1.82) is 0 Å². The third kappa shape index (κ3) is 1.90. The summed E-state index contributed by atoms with van der Waals surface area (Å²) >= 11 is 5.90. The summed E-state index contributed by atoms with van der Waals surface area (Å²) in [6.45, 7) is 0.829. The molecule has 1 aliphatic heterocycles. The number of rotatable bonds is 1. The predicted molar refractivity (Wildman–Crippen MR) is 89.1 cm³/mol. The molecule has 0 unspecified atom stereocenters. The first-order chi connectivity index (χ1) is 9.28. The lowest BCUT2D eigenvalue weighted by molar-refractivity contribution is 0.632. The second-order valence-corrected chi connectivity index (χ2v) is 8.33. The van der Waals surface area contributed by atoms with Gasteiger partial charge in [0, 0.05) is 21.1 Å². The maximum Gasteiger partial charge on any atom is 0.263 e. The SMILES string of the molecule is O=c1c2c3c(sc2nc2n1C[C@@H](CI)S2)CCCC3. The molecule has 1 aliphatic carbocycles. The van der Waals surface area contributed by atoms with Gasteiger partial charge in [0.05, 0.1) is 5.39 Å². The number of halogens is 1. The van der Waals surface area contributed by atoms with Gasteiger partial charge in [0.1, 0.15) is 4.83 Å². The van der Waals surface area contributed by atoms with E-state index in [0.717, 1.165) is 39.2 Å². The molecule has 100 valence electrons. The summed E-state index contributed by atoms with van der Waals surface area (Å²) in [6.07, 6.45) is 4.67. The molecule has 0 saturated carbocycles. The number of hydrogen-bond acceptors (Lipinski definition) is 4. The molecule has 19 heavy (non-hydrogen) atoms. The number of nitrogens with zero attached hydrogens (tertiary/aromatic N) is 2. The van der Waals surface area contributed by atoms with E-state index in [4.69, 9.17) is 4.98 Å². The largest absolute Gasteiger partial charge is 0.286 e. The van der Waals surface area contributed by atoms with Gasteiger partial charge in [-0.1, -0.05) is 34.4 Å². The van der Waals surface area contributed by atoms with Crippen LogP contribution < -0.4 is 5.56 Å². The molecule has 0 radical (unpaired) electrons. The zero-order chi connectivity index (χ0) is 13.0. The summed E-state index contributed by atoms with van der Waals surface area (Å²) in [5.74, 6) is 0. The molecular formula is C13H13IN2OS2. The smallest absolute Gasteiger partial charge is 0.263 e. The van der Waals surface area contributed by atoms with E-state index >= 15 is 0 Å². The molecule has 0 aromatic carbocycles. The first kappa shape index (κ1) is 12.6. The Bertz CT molecular complexity index is 721. The molecule has 3 heterocycles. The van der Waals surface area contributed by atoms with Gasteiger partial charge in [-0.05, 0) is 31.2 Å². The van der Waals surface area contributed by atoms with E-state index in [1.807, 2.05) is 4.57 Å². The minimum Gasteiger partial charge on any atom is -0.286 e. The Balaban J connectivity index is 1.97. The Hall–Kier alpha value is -0.0800. The van der Waals surface area contributed by atoms with Crippen molar-refractivity contribution in [2.45, 2.75) is 42.6 Å². The van der Waals surface area contributed by atoms with Crippen molar-refractivity contribution in [3.63, 3.8) is 0 Å². The Morgan fingerprint density at radius 1 is 1.37 bits per heavy atom. The topological polar surface area (TPSA) is 34.9 Å². The third-order valence-electron chi connectivity index (χ3n) is 3.87. The molecular weight excluding hydrogens is 391 g/mol. The fourth-order valence-electron chi connectivity index (χ4n) is 2.94. The molecule has 2 aliphatic rings. The van der Waals surface area contributed by atoms with Gasteiger partial charge >= 0.3 is 0 Å². The minimum atomic E-state index is 0.208. The van der Waals surface area contributed by atoms with Gasteiger partial charge < -0.3 is 0 Å². The average molecular weight is 404 g/mol. The number of hydrogen-bond donors (Lipinski definition) is 0. The maximum atomic E-state index is 12.7. The summed E-state index contributed by atoms with van der Waals surface area (Å²) in [5, 5.41) is 2.36. The molecule has 0 fully saturated rings. The zero-order valence-corrected chi connectivity index (χ0v) is 14.1. The Morgan fingerprint density at radius 3 is 3.05 bits per heavy atom. The van der Waals surface area contributed by atoms with Crippen LogP contribution in [0.1, 0.15) is 23.3 Å². The molecule has 0 amide bonds. The second kappa shape index (κ2) is 4.73. The standard InChI is InChI=1S/C13H13IN2OS2/c14-5-7-6-16-12(17)10-8-3-1-2-4-9(8)19-11(10)15-13(16)18-7/h7H,1-6H2/t7-/m1/s1. The molecule has 6 heteroatoms. The van der Waals surface area contributed by atoms with Gasteiger partial charge in [0.2, 0.25) is 0 Å². The molecule has 0 bridgehead atoms. The summed E-state index contributed by atoms with van der Waals surface area (Å²) < 4.78 is 2.97. The first-order valence-electron chi connectivity index (χ1n) is 6.55. The highest BCUT2D eigenvalue weighted by atomic mass is 127. The highest BCUT2D eigenvalue weighted by Crippen LogP contribution is 2.37. The van der Waals surface area contributed by atoms with E-state index < -0.39 is 0 Å². The summed E-state index contributed by atoms with van der Waals surface area (Å²) in [7, 11) is 0. The molecule has 2 aromatic rings. The highest BCUT2D eigenvalue weighted by molar-refractivity contribution is 14.1. The monoisotopic (exact) mass is 404 g/mol. The van der Waals surface area contributed by atoms with Crippen LogP contribution in [0.5, 0.6) is 0 Å². The molecule has 3 nitrogen and oxygen atoms in total. The summed E-state index contributed by atoms with van der Waals surface area (Å²) in [4.78, 5) is 19.9. The van der Waals surface area contributed by atoms with Crippen molar-refractivity contribution in [1.82, 2.24) is 9.55 Å². The van der Waals surface area contributed by atoms with Crippen LogP contribution in [0.3, 0.4) is 0 Å². The van der Waals surface area contributed by atoms with Crippen LogP contribution in [0.4, 0.5) is 0 Å². The van der Waals surface area contributed by atoms with Crippen LogP contribution in [0.2, 0.25) is 0 Å². The van der Waals surface area contributed by atoms with E-state index in [1.165, 1.54) is 23.3 Å². The van der Waals surface area contributed by atoms with Crippen LogP contribution in [0.15, 0.2) is 9.95 Å². The van der Waals surface area contributed by atoms with Crippen molar-refractivity contribution in [3.05, 3.63) is 20.8 Å². The third-order valence-corrected chi connectivity index (χ3v) is 7.89. The second-order valence-electron chi connectivity index (χ2n) is 5.10. The van der Waals surface area contributed by atoms with Gasteiger partial charge in [-0.25, -0.2) is 4.98 Å². The zero-order valence-electron chi connectivity index (χ0n) is 10.3. The van der Waals surface area contributed by atoms with Gasteiger partial charge in [-0.3, -0.25) is 9.36 Å². The van der Waals surface area contributed by atoms with E-state index in [9.17, 15) is 4.79 Å². The first-order valence-corrected chi connectivity index (χ1v) is 9.78. The maximum absolute atomic E-state index is 12.7. The van der Waals surface area contributed by atoms with E-state index in [-0.39, 0.29) is 5.56 Å². The van der Waals surface area contributed by atoms with Gasteiger partial charge in [0.15, 0.2) is 5.16 Å². The minimum absolute atomic E-state index is 0.208. The average Bonchev–Trinajstić information content (AvgIpc) is 2.99.